The Kier molecular flexibility index (Phi) is 19.9. The Morgan fingerprint density at radius 3 is 1.48 bits per heavy atom. The van der Waals surface area contributed by atoms with Crippen molar-refractivity contribution in [3.63, 3.8) is 0 Å². The van der Waals surface area contributed by atoms with Gasteiger partial charge in [0.15, 0.2) is 0 Å². The van der Waals surface area contributed by atoms with Crippen LogP contribution in [-0.4, -0.2) is 59.6 Å². The molecule has 3 N–H and O–H groups in total. The van der Waals surface area contributed by atoms with E-state index in [9.17, 15) is 14.7 Å². The summed E-state index contributed by atoms with van der Waals surface area (Å²) in [4.78, 5) is 26.6. The molecule has 0 aromatic heterocycles. The number of nitrogens with one attached hydrogen (secondary N) is 2. The van der Waals surface area contributed by atoms with Crippen molar-refractivity contribution in [2.45, 2.75) is 117 Å². The van der Waals surface area contributed by atoms with Gasteiger partial charge in [-0.05, 0) is 46.5 Å². The van der Waals surface area contributed by atoms with Gasteiger partial charge in [0.05, 0.1) is 6.10 Å². The Labute approximate surface area is 203 Å². The van der Waals surface area contributed by atoms with E-state index in [1.807, 2.05) is 13.8 Å². The number of aliphatic hydroxyl groups is 1. The van der Waals surface area contributed by atoms with Crippen LogP contribution in [0.15, 0.2) is 24.3 Å². The van der Waals surface area contributed by atoms with Gasteiger partial charge in [-0.3, -0.25) is 14.5 Å². The van der Waals surface area contributed by atoms with Gasteiger partial charge in [-0.2, -0.15) is 0 Å². The Hall–Kier alpha value is -1.66. The molecule has 0 radical (unpaired) electrons. The first-order valence-electron chi connectivity index (χ1n) is 13.1. The predicted octanol–water partition coefficient (Wildman–Crippen LogP) is 4.73. The standard InChI is InChI=1S/C27H51N3O3/c1-6-8-10-12-14-16-18-26(32)28-23(3)20-30(22-25(5)31)21-24(4)29-27(33)19-17-15-13-11-9-7-2/h12-15,23-25,31H,6-11,16-22H2,1-5H3,(H,28,32)(H,29,33)/b14-12+,15-13+. The Balaban J connectivity index is 4.37. The molecular weight excluding hydrogens is 414 g/mol. The molecule has 0 spiro atoms. The highest BCUT2D eigenvalue weighted by molar-refractivity contribution is 5.76. The molecule has 0 aromatic carbocycles. The maximum atomic E-state index is 12.2. The van der Waals surface area contributed by atoms with Crippen molar-refractivity contribution in [3.8, 4) is 0 Å². The van der Waals surface area contributed by atoms with E-state index in [1.165, 1.54) is 25.7 Å². The molecule has 0 heterocycles. The van der Waals surface area contributed by atoms with E-state index in [-0.39, 0.29) is 23.9 Å². The summed E-state index contributed by atoms with van der Waals surface area (Å²) in [7, 11) is 0. The molecule has 192 valence electrons. The summed E-state index contributed by atoms with van der Waals surface area (Å²) < 4.78 is 0. The lowest BCUT2D eigenvalue weighted by Crippen LogP contribution is -2.49. The highest BCUT2D eigenvalue weighted by Gasteiger charge is 2.17. The lowest BCUT2D eigenvalue weighted by atomic mass is 10.2. The summed E-state index contributed by atoms with van der Waals surface area (Å²) in [5.74, 6) is 0.0981. The van der Waals surface area contributed by atoms with Gasteiger partial charge in [0, 0.05) is 44.6 Å². The van der Waals surface area contributed by atoms with Gasteiger partial charge in [0.1, 0.15) is 0 Å². The first-order valence-corrected chi connectivity index (χ1v) is 13.1. The number of carbonyl (C=O) groups excluding carboxylic acids is 2. The van der Waals surface area contributed by atoms with Crippen LogP contribution in [0.4, 0.5) is 0 Å². The molecule has 0 aliphatic heterocycles. The smallest absolute Gasteiger partial charge is 0.220 e. The second-order valence-electron chi connectivity index (χ2n) is 9.31. The van der Waals surface area contributed by atoms with Gasteiger partial charge in [-0.1, -0.05) is 63.8 Å². The third-order valence-corrected chi connectivity index (χ3v) is 5.26. The molecule has 0 aromatic rings. The van der Waals surface area contributed by atoms with Crippen LogP contribution in [0, 0.1) is 0 Å². The van der Waals surface area contributed by atoms with E-state index in [0.29, 0.717) is 32.5 Å². The summed E-state index contributed by atoms with van der Waals surface area (Å²) >= 11 is 0. The summed E-state index contributed by atoms with van der Waals surface area (Å²) in [6.07, 6.45) is 17.4. The summed E-state index contributed by atoms with van der Waals surface area (Å²) in [6, 6.07) is -0.0621. The molecule has 2 amide bonds. The summed E-state index contributed by atoms with van der Waals surface area (Å²) in [5, 5.41) is 16.0. The van der Waals surface area contributed by atoms with E-state index in [1.54, 1.807) is 6.92 Å². The van der Waals surface area contributed by atoms with Crippen molar-refractivity contribution in [2.24, 2.45) is 0 Å². The Bertz CT molecular complexity index is 517. The zero-order valence-electron chi connectivity index (χ0n) is 21.9. The number of allylic oxidation sites excluding steroid dienone is 4. The number of hydrogen-bond donors (Lipinski definition) is 3. The molecule has 3 unspecified atom stereocenters. The fourth-order valence-corrected chi connectivity index (χ4v) is 3.70. The van der Waals surface area contributed by atoms with E-state index < -0.39 is 6.10 Å². The number of hydrogen-bond acceptors (Lipinski definition) is 4. The van der Waals surface area contributed by atoms with E-state index in [0.717, 1.165) is 25.7 Å². The lowest BCUT2D eigenvalue weighted by molar-refractivity contribution is -0.122. The molecule has 0 saturated carbocycles. The third kappa shape index (κ3) is 20.7. The largest absolute Gasteiger partial charge is 0.392 e. The minimum Gasteiger partial charge on any atom is -0.392 e. The first kappa shape index (κ1) is 31.3. The van der Waals surface area contributed by atoms with Crippen molar-refractivity contribution in [3.05, 3.63) is 24.3 Å². The Morgan fingerprint density at radius 2 is 1.12 bits per heavy atom. The van der Waals surface area contributed by atoms with E-state index in [2.05, 4.69) is 53.7 Å². The molecule has 6 heteroatoms. The monoisotopic (exact) mass is 465 g/mol. The van der Waals surface area contributed by atoms with Gasteiger partial charge >= 0.3 is 0 Å². The van der Waals surface area contributed by atoms with E-state index in [4.69, 9.17) is 0 Å². The normalized spacial score (nSPS) is 14.6. The molecule has 0 fully saturated rings. The predicted molar refractivity (Wildman–Crippen MR) is 139 cm³/mol. The number of nitrogens with zero attached hydrogens (tertiary/aromatic N) is 1. The zero-order chi connectivity index (χ0) is 24.9. The molecular formula is C27H51N3O3. The van der Waals surface area contributed by atoms with Gasteiger partial charge in [0.25, 0.3) is 0 Å². The van der Waals surface area contributed by atoms with Crippen LogP contribution >= 0.6 is 0 Å². The molecule has 0 aliphatic rings. The third-order valence-electron chi connectivity index (χ3n) is 5.26. The average Bonchev–Trinajstić information content (AvgIpc) is 2.72. The number of aliphatic hydroxyl groups excluding tert-OH is 1. The van der Waals surface area contributed by atoms with Gasteiger partial charge in [0.2, 0.25) is 11.8 Å². The first-order chi connectivity index (χ1) is 15.8. The van der Waals surface area contributed by atoms with Gasteiger partial charge in [-0.25, -0.2) is 0 Å². The molecule has 0 bridgehead atoms. The molecule has 6 nitrogen and oxygen atoms in total. The minimum atomic E-state index is -0.475. The van der Waals surface area contributed by atoms with Crippen LogP contribution in [0.2, 0.25) is 0 Å². The van der Waals surface area contributed by atoms with Crippen molar-refractivity contribution in [1.82, 2.24) is 15.5 Å². The number of unbranched alkanes of at least 4 members (excludes halogenated alkanes) is 4. The van der Waals surface area contributed by atoms with Crippen molar-refractivity contribution in [1.29, 1.82) is 0 Å². The number of carbonyl (C=O) groups is 2. The quantitative estimate of drug-likeness (QED) is 0.179. The molecule has 0 rings (SSSR count). The molecule has 33 heavy (non-hydrogen) atoms. The Morgan fingerprint density at radius 1 is 0.727 bits per heavy atom. The van der Waals surface area contributed by atoms with Gasteiger partial charge < -0.3 is 15.7 Å². The van der Waals surface area contributed by atoms with Crippen LogP contribution in [0.5, 0.6) is 0 Å². The molecule has 0 aliphatic carbocycles. The van der Waals surface area contributed by atoms with E-state index >= 15 is 0 Å². The SMILES string of the molecule is CCCC/C=C/CCC(=O)NC(C)CN(CC(C)O)CC(C)NC(=O)CC/C=C/CCCC. The topological polar surface area (TPSA) is 81.7 Å². The second kappa shape index (κ2) is 20.9. The minimum absolute atomic E-state index is 0.0310. The van der Waals surface area contributed by atoms with Gasteiger partial charge in [-0.15, -0.1) is 0 Å². The average molecular weight is 466 g/mol. The van der Waals surface area contributed by atoms with Crippen LogP contribution in [0.1, 0.15) is 98.8 Å². The van der Waals surface area contributed by atoms with Crippen LogP contribution < -0.4 is 10.6 Å². The van der Waals surface area contributed by atoms with Crippen LogP contribution in [-0.2, 0) is 9.59 Å². The number of amides is 2. The maximum absolute atomic E-state index is 12.2. The molecule has 0 saturated heterocycles. The zero-order valence-corrected chi connectivity index (χ0v) is 21.9. The molecule has 3 atom stereocenters. The van der Waals surface area contributed by atoms with Crippen LogP contribution in [0.3, 0.4) is 0 Å². The fourth-order valence-electron chi connectivity index (χ4n) is 3.70. The lowest BCUT2D eigenvalue weighted by Gasteiger charge is -2.30. The number of rotatable bonds is 20. The summed E-state index contributed by atoms with van der Waals surface area (Å²) in [5.41, 5.74) is 0. The fraction of sp³-hybridized carbons (Fsp3) is 0.778. The van der Waals surface area contributed by atoms with Crippen molar-refractivity contribution in [2.75, 3.05) is 19.6 Å². The second-order valence-corrected chi connectivity index (χ2v) is 9.31. The van der Waals surface area contributed by atoms with Crippen LogP contribution in [0.25, 0.3) is 0 Å². The summed E-state index contributed by atoms with van der Waals surface area (Å²) in [6.45, 7) is 11.8. The highest BCUT2D eigenvalue weighted by Crippen LogP contribution is 2.03. The van der Waals surface area contributed by atoms with Crippen molar-refractivity contribution >= 4 is 11.8 Å². The van der Waals surface area contributed by atoms with Crippen molar-refractivity contribution < 1.29 is 14.7 Å². The maximum Gasteiger partial charge on any atom is 0.220 e. The highest BCUT2D eigenvalue weighted by atomic mass is 16.3.